The van der Waals surface area contributed by atoms with E-state index in [1.54, 1.807) is 6.07 Å². The fraction of sp³-hybridized carbons (Fsp3) is 0.200. The van der Waals surface area contributed by atoms with E-state index in [9.17, 15) is 9.59 Å². The van der Waals surface area contributed by atoms with Crippen molar-refractivity contribution in [3.8, 4) is 0 Å². The number of benzene rings is 2. The van der Waals surface area contributed by atoms with E-state index in [0.29, 0.717) is 5.56 Å². The molecule has 5 heteroatoms. The molecule has 2 aromatic carbocycles. The molecule has 0 aromatic heterocycles. The summed E-state index contributed by atoms with van der Waals surface area (Å²) in [5.41, 5.74) is 2.77. The molecule has 0 heterocycles. The van der Waals surface area contributed by atoms with E-state index in [1.165, 1.54) is 7.11 Å². The Hall–Kier alpha value is -2.40. The van der Waals surface area contributed by atoms with Gasteiger partial charge >= 0.3 is 0 Å². The largest absolute Gasteiger partial charge is 0.352 e. The predicted molar refractivity (Wildman–Crippen MR) is 76.0 cm³/mol. The lowest BCUT2D eigenvalue weighted by Crippen LogP contribution is -2.30. The van der Waals surface area contributed by atoms with Crippen molar-refractivity contribution in [1.82, 2.24) is 10.8 Å². The van der Waals surface area contributed by atoms with E-state index in [-0.39, 0.29) is 24.8 Å². The van der Waals surface area contributed by atoms with Gasteiger partial charge in [-0.3, -0.25) is 14.4 Å². The van der Waals surface area contributed by atoms with Crippen molar-refractivity contribution >= 4 is 22.6 Å². The van der Waals surface area contributed by atoms with Gasteiger partial charge in [0.05, 0.1) is 7.11 Å². The van der Waals surface area contributed by atoms with Gasteiger partial charge in [0.2, 0.25) is 5.91 Å². The Bertz CT molecular complexity index is 625. The lowest BCUT2D eigenvalue weighted by atomic mass is 10.1. The summed E-state index contributed by atoms with van der Waals surface area (Å²) in [6, 6.07) is 13.3. The minimum absolute atomic E-state index is 0.174. The Balaban J connectivity index is 1.95. The molecule has 0 saturated heterocycles. The van der Waals surface area contributed by atoms with Gasteiger partial charge in [0, 0.05) is 18.5 Å². The second kappa shape index (κ2) is 6.68. The van der Waals surface area contributed by atoms with Gasteiger partial charge in [-0.1, -0.05) is 30.3 Å². The zero-order valence-corrected chi connectivity index (χ0v) is 11.2. The SMILES string of the molecule is CONC(=O)CCNC(=O)c1ccc2ccccc2c1. The number of hydrogen-bond acceptors (Lipinski definition) is 3. The average molecular weight is 272 g/mol. The van der Waals surface area contributed by atoms with Crippen LogP contribution in [0, 0.1) is 0 Å². The molecule has 2 aromatic rings. The standard InChI is InChI=1S/C15H16N2O3/c1-20-17-14(18)8-9-16-15(19)13-7-6-11-4-2-3-5-12(11)10-13/h2-7,10H,8-9H2,1H3,(H,16,19)(H,17,18). The highest BCUT2D eigenvalue weighted by Crippen LogP contribution is 2.15. The topological polar surface area (TPSA) is 67.4 Å². The summed E-state index contributed by atoms with van der Waals surface area (Å²) in [6.45, 7) is 0.265. The molecule has 2 rings (SSSR count). The van der Waals surface area contributed by atoms with Crippen LogP contribution in [0.3, 0.4) is 0 Å². The molecule has 20 heavy (non-hydrogen) atoms. The lowest BCUT2D eigenvalue weighted by molar-refractivity contribution is -0.131. The third kappa shape index (κ3) is 3.55. The fourth-order valence-electron chi connectivity index (χ4n) is 1.89. The summed E-state index contributed by atoms with van der Waals surface area (Å²) in [6.07, 6.45) is 0.174. The Labute approximate surface area is 116 Å². The maximum Gasteiger partial charge on any atom is 0.251 e. The summed E-state index contributed by atoms with van der Waals surface area (Å²) in [5.74, 6) is -0.465. The maximum absolute atomic E-state index is 12.0. The van der Waals surface area contributed by atoms with Gasteiger partial charge in [-0.25, -0.2) is 5.48 Å². The minimum atomic E-state index is -0.272. The number of hydroxylamine groups is 1. The third-order valence-electron chi connectivity index (χ3n) is 2.87. The van der Waals surface area contributed by atoms with Gasteiger partial charge in [-0.2, -0.15) is 0 Å². The molecular weight excluding hydrogens is 256 g/mol. The van der Waals surface area contributed by atoms with E-state index in [4.69, 9.17) is 0 Å². The lowest BCUT2D eigenvalue weighted by Gasteiger charge is -2.06. The molecular formula is C15H16N2O3. The van der Waals surface area contributed by atoms with Crippen molar-refractivity contribution in [2.24, 2.45) is 0 Å². The van der Waals surface area contributed by atoms with Crippen LogP contribution in [0.5, 0.6) is 0 Å². The Morgan fingerprint density at radius 2 is 1.85 bits per heavy atom. The zero-order valence-electron chi connectivity index (χ0n) is 11.2. The summed E-state index contributed by atoms with van der Waals surface area (Å²) >= 11 is 0. The summed E-state index contributed by atoms with van der Waals surface area (Å²) < 4.78 is 0. The molecule has 0 aliphatic heterocycles. The number of amides is 2. The summed E-state index contributed by atoms with van der Waals surface area (Å²) in [5, 5.41) is 4.80. The number of carbonyl (C=O) groups excluding carboxylic acids is 2. The van der Waals surface area contributed by atoms with Crippen LogP contribution in [-0.4, -0.2) is 25.5 Å². The van der Waals surface area contributed by atoms with Crippen molar-refractivity contribution in [2.75, 3.05) is 13.7 Å². The quantitative estimate of drug-likeness (QED) is 0.813. The molecule has 5 nitrogen and oxygen atoms in total. The number of nitrogens with one attached hydrogen (secondary N) is 2. The Morgan fingerprint density at radius 1 is 1.10 bits per heavy atom. The molecule has 0 atom stereocenters. The van der Waals surface area contributed by atoms with Gasteiger partial charge < -0.3 is 5.32 Å². The monoisotopic (exact) mass is 272 g/mol. The average Bonchev–Trinajstić information content (AvgIpc) is 2.47. The first kappa shape index (κ1) is 14.0. The minimum Gasteiger partial charge on any atom is -0.352 e. The maximum atomic E-state index is 12.0. The van der Waals surface area contributed by atoms with Gasteiger partial charge in [-0.15, -0.1) is 0 Å². The second-order valence-corrected chi connectivity index (χ2v) is 4.30. The molecule has 0 fully saturated rings. The second-order valence-electron chi connectivity index (χ2n) is 4.30. The first-order chi connectivity index (χ1) is 9.70. The molecule has 0 radical (unpaired) electrons. The van der Waals surface area contributed by atoms with Crippen LogP contribution in [0.15, 0.2) is 42.5 Å². The van der Waals surface area contributed by atoms with E-state index >= 15 is 0 Å². The third-order valence-corrected chi connectivity index (χ3v) is 2.87. The van der Waals surface area contributed by atoms with E-state index < -0.39 is 0 Å². The van der Waals surface area contributed by atoms with Crippen molar-refractivity contribution in [2.45, 2.75) is 6.42 Å². The molecule has 2 amide bonds. The number of fused-ring (bicyclic) bond motifs is 1. The number of carbonyl (C=O) groups is 2. The van der Waals surface area contributed by atoms with Crippen molar-refractivity contribution in [3.05, 3.63) is 48.0 Å². The van der Waals surface area contributed by atoms with Crippen LogP contribution >= 0.6 is 0 Å². The van der Waals surface area contributed by atoms with E-state index in [0.717, 1.165) is 10.8 Å². The normalized spacial score (nSPS) is 10.2. The summed E-state index contributed by atoms with van der Waals surface area (Å²) in [7, 11) is 1.37. The molecule has 0 bridgehead atoms. The van der Waals surface area contributed by atoms with Crippen LogP contribution in [0.1, 0.15) is 16.8 Å². The molecule has 0 aliphatic carbocycles. The molecule has 2 N–H and O–H groups in total. The molecule has 0 aliphatic rings. The van der Waals surface area contributed by atoms with Gasteiger partial charge in [0.25, 0.3) is 5.91 Å². The van der Waals surface area contributed by atoms with Gasteiger partial charge in [0.15, 0.2) is 0 Å². The Kier molecular flexibility index (Phi) is 4.68. The van der Waals surface area contributed by atoms with E-state index in [2.05, 4.69) is 15.6 Å². The van der Waals surface area contributed by atoms with Crippen LogP contribution in [0.2, 0.25) is 0 Å². The van der Waals surface area contributed by atoms with Crippen molar-refractivity contribution in [3.63, 3.8) is 0 Å². The van der Waals surface area contributed by atoms with Crippen molar-refractivity contribution in [1.29, 1.82) is 0 Å². The summed E-state index contributed by atoms with van der Waals surface area (Å²) in [4.78, 5) is 27.6. The molecule has 0 unspecified atom stereocenters. The number of hydrogen-bond donors (Lipinski definition) is 2. The zero-order chi connectivity index (χ0) is 14.4. The number of rotatable bonds is 5. The first-order valence-corrected chi connectivity index (χ1v) is 6.29. The van der Waals surface area contributed by atoms with Crippen LogP contribution in [0.4, 0.5) is 0 Å². The van der Waals surface area contributed by atoms with E-state index in [1.807, 2.05) is 36.4 Å². The smallest absolute Gasteiger partial charge is 0.251 e. The molecule has 104 valence electrons. The van der Waals surface area contributed by atoms with Gasteiger partial charge in [0.1, 0.15) is 0 Å². The van der Waals surface area contributed by atoms with Crippen LogP contribution in [-0.2, 0) is 9.63 Å². The highest BCUT2D eigenvalue weighted by Gasteiger charge is 2.07. The van der Waals surface area contributed by atoms with Crippen LogP contribution in [0.25, 0.3) is 10.8 Å². The molecule has 0 spiro atoms. The Morgan fingerprint density at radius 3 is 2.60 bits per heavy atom. The van der Waals surface area contributed by atoms with Crippen LogP contribution < -0.4 is 10.8 Å². The van der Waals surface area contributed by atoms with Crippen molar-refractivity contribution < 1.29 is 14.4 Å². The highest BCUT2D eigenvalue weighted by molar-refractivity contribution is 5.98. The predicted octanol–water partition coefficient (Wildman–Crippen LogP) is 1.64. The fourth-order valence-corrected chi connectivity index (χ4v) is 1.89. The molecule has 0 saturated carbocycles. The first-order valence-electron chi connectivity index (χ1n) is 6.29. The highest BCUT2D eigenvalue weighted by atomic mass is 16.6. The van der Waals surface area contributed by atoms with Gasteiger partial charge in [-0.05, 0) is 22.9 Å².